The van der Waals surface area contributed by atoms with E-state index in [-0.39, 0.29) is 68.9 Å². The molecule has 0 aromatic heterocycles. The van der Waals surface area contributed by atoms with Crippen LogP contribution in [0.4, 0.5) is 19.7 Å². The van der Waals surface area contributed by atoms with Crippen molar-refractivity contribution in [2.45, 2.75) is 121 Å². The number of unbranched alkanes of at least 4 members (excludes halogenated alkanes) is 2. The minimum absolute atomic E-state index is 0.0925. The zero-order valence-electron chi connectivity index (χ0n) is 32.8. The topological polar surface area (TPSA) is 297 Å². The molecule has 2 fully saturated rings. The first-order chi connectivity index (χ1) is 27.5. The fourth-order valence-electron chi connectivity index (χ4n) is 6.26. The number of nitrogens with zero attached hydrogens (tertiary/aromatic N) is 1. The van der Waals surface area contributed by atoms with E-state index in [1.807, 2.05) is 0 Å². The number of amides is 9. The maximum Gasteiger partial charge on any atom is 0.409 e. The van der Waals surface area contributed by atoms with Gasteiger partial charge in [-0.1, -0.05) is 32.4 Å². The highest BCUT2D eigenvalue weighted by Gasteiger charge is 2.46. The van der Waals surface area contributed by atoms with Gasteiger partial charge in [0.15, 0.2) is 12.4 Å². The monoisotopic (exact) mass is 822 g/mol. The predicted molar refractivity (Wildman–Crippen MR) is 203 cm³/mol. The van der Waals surface area contributed by atoms with Gasteiger partial charge in [0.2, 0.25) is 35.4 Å². The number of imide groups is 1. The number of urea groups is 1. The van der Waals surface area contributed by atoms with E-state index in [2.05, 4.69) is 31.9 Å². The van der Waals surface area contributed by atoms with E-state index >= 15 is 0 Å². The van der Waals surface area contributed by atoms with Gasteiger partial charge in [-0.2, -0.15) is 0 Å². The van der Waals surface area contributed by atoms with E-state index in [4.69, 9.17) is 15.2 Å². The second-order valence-corrected chi connectivity index (χ2v) is 14.4. The Labute approximate surface area is 334 Å². The lowest BCUT2D eigenvalue weighted by molar-refractivity contribution is -0.180. The van der Waals surface area contributed by atoms with Crippen LogP contribution >= 0.6 is 0 Å². The number of halogens is 1. The van der Waals surface area contributed by atoms with Crippen LogP contribution in [0.25, 0.3) is 0 Å². The average molecular weight is 823 g/mol. The van der Waals surface area contributed by atoms with E-state index < -0.39 is 79.2 Å². The Bertz CT molecular complexity index is 1600. The van der Waals surface area contributed by atoms with E-state index in [0.717, 1.165) is 6.92 Å². The SMILES string of the molecule is CC(=O)N[C@H]1C(NC(=O)OCc2ccc(NC(=O)C(CCCNC(N)=O)NC(=O)C(NC(=O)CCCCCN3C(=O)CCC3=O)C(C)C)cc2)O[C@H](CO)[C@@H](F)[C@@H]1O. The van der Waals surface area contributed by atoms with Crippen LogP contribution in [0, 0.1) is 5.92 Å². The summed E-state index contributed by atoms with van der Waals surface area (Å²) in [4.78, 5) is 99.9. The normalized spacial score (nSPS) is 21.4. The van der Waals surface area contributed by atoms with Crippen molar-refractivity contribution in [3.63, 3.8) is 0 Å². The lowest BCUT2D eigenvalue weighted by atomic mass is 9.97. The molecule has 0 bridgehead atoms. The van der Waals surface area contributed by atoms with Crippen molar-refractivity contribution in [1.29, 1.82) is 0 Å². The van der Waals surface area contributed by atoms with Gasteiger partial charge in [-0.25, -0.2) is 14.0 Å². The quantitative estimate of drug-likeness (QED) is 0.0563. The number of aliphatic hydroxyl groups excluding tert-OH is 2. The maximum absolute atomic E-state index is 14.4. The van der Waals surface area contributed by atoms with Crippen molar-refractivity contribution in [1.82, 2.24) is 31.5 Å². The third kappa shape index (κ3) is 14.8. The molecule has 2 heterocycles. The number of likely N-dealkylation sites (tertiary alicyclic amines) is 1. The number of anilines is 1. The van der Waals surface area contributed by atoms with Gasteiger partial charge in [-0.05, 0) is 49.3 Å². The van der Waals surface area contributed by atoms with Crippen LogP contribution in [0.15, 0.2) is 24.3 Å². The Morgan fingerprint density at radius 1 is 0.966 bits per heavy atom. The van der Waals surface area contributed by atoms with Gasteiger partial charge < -0.3 is 52.0 Å². The Morgan fingerprint density at radius 2 is 1.64 bits per heavy atom. The lowest BCUT2D eigenvalue weighted by Crippen LogP contribution is -2.67. The summed E-state index contributed by atoms with van der Waals surface area (Å²) >= 11 is 0. The molecule has 0 aliphatic carbocycles. The highest BCUT2D eigenvalue weighted by molar-refractivity contribution is 6.02. The molecule has 58 heavy (non-hydrogen) atoms. The van der Waals surface area contributed by atoms with Crippen molar-refractivity contribution < 1.29 is 62.4 Å². The van der Waals surface area contributed by atoms with Gasteiger partial charge >= 0.3 is 12.1 Å². The number of ether oxygens (including phenoxy) is 2. The molecule has 10 N–H and O–H groups in total. The first-order valence-electron chi connectivity index (χ1n) is 19.2. The molecule has 2 aliphatic heterocycles. The number of carbonyl (C=O) groups is 8. The molecule has 322 valence electrons. The van der Waals surface area contributed by atoms with Crippen LogP contribution in [0.1, 0.15) is 77.7 Å². The van der Waals surface area contributed by atoms with Crippen LogP contribution in [0.3, 0.4) is 0 Å². The maximum atomic E-state index is 14.4. The van der Waals surface area contributed by atoms with Gasteiger partial charge in [0, 0.05) is 45.0 Å². The Morgan fingerprint density at radius 3 is 2.24 bits per heavy atom. The van der Waals surface area contributed by atoms with E-state index in [0.29, 0.717) is 37.1 Å². The first-order valence-corrected chi connectivity index (χ1v) is 19.2. The number of benzene rings is 1. The smallest absolute Gasteiger partial charge is 0.409 e. The predicted octanol–water partition coefficient (Wildman–Crippen LogP) is -0.444. The highest BCUT2D eigenvalue weighted by atomic mass is 19.1. The summed E-state index contributed by atoms with van der Waals surface area (Å²) in [5.74, 6) is -2.94. The minimum Gasteiger partial charge on any atom is -0.445 e. The summed E-state index contributed by atoms with van der Waals surface area (Å²) < 4.78 is 25.0. The standard InChI is InChI=1S/C37H55FN8O12/c1-20(2)30(44-26(49)9-5-4-6-17-46-27(50)14-15-28(46)51)34(54)43-24(8-7-16-40-36(39)55)33(53)42-23-12-10-22(11-13-23)19-57-37(56)45-35-31(41-21(3)48)32(52)29(38)25(18-47)58-35/h10-13,20,24-25,29-32,35,47,52H,4-9,14-19H2,1-3H3,(H,41,48)(H,42,53)(H,43,54)(H,44,49)(H,45,56)(H3,39,40,55)/t24?,25-,29-,30?,31-,32+,35?/m1/s1. The van der Waals surface area contributed by atoms with Gasteiger partial charge in [0.1, 0.15) is 36.9 Å². The van der Waals surface area contributed by atoms with Crippen molar-refractivity contribution in [2.75, 3.05) is 25.0 Å². The molecule has 3 rings (SSSR count). The molecule has 0 saturated carbocycles. The highest BCUT2D eigenvalue weighted by Crippen LogP contribution is 2.23. The Kier molecular flexibility index (Phi) is 18.7. The molecule has 7 atom stereocenters. The summed E-state index contributed by atoms with van der Waals surface area (Å²) in [6.07, 6.45) is -5.24. The lowest BCUT2D eigenvalue weighted by Gasteiger charge is -2.41. The molecule has 20 nitrogen and oxygen atoms in total. The van der Waals surface area contributed by atoms with Crippen LogP contribution in [0.2, 0.25) is 0 Å². The van der Waals surface area contributed by atoms with Crippen LogP contribution in [-0.4, -0.2) is 125 Å². The molecule has 1 aromatic rings. The number of carbonyl (C=O) groups excluding carboxylic acids is 8. The second-order valence-electron chi connectivity index (χ2n) is 14.4. The molecular formula is C37H55FN8O12. The van der Waals surface area contributed by atoms with Crippen LogP contribution in [0.5, 0.6) is 0 Å². The summed E-state index contributed by atoms with van der Waals surface area (Å²) in [6.45, 7) is 3.96. The second kappa shape index (κ2) is 23.1. The third-order valence-corrected chi connectivity index (χ3v) is 9.41. The molecule has 21 heteroatoms. The molecule has 3 unspecified atom stereocenters. The molecule has 0 spiro atoms. The summed E-state index contributed by atoms with van der Waals surface area (Å²) in [5, 5.41) is 34.9. The van der Waals surface area contributed by atoms with Gasteiger partial charge in [0.05, 0.1) is 6.61 Å². The number of hydrogen-bond donors (Lipinski definition) is 9. The van der Waals surface area contributed by atoms with E-state index in [1.54, 1.807) is 26.0 Å². The number of alkyl halides is 1. The molecular weight excluding hydrogens is 767 g/mol. The number of nitrogens with one attached hydrogen (secondary N) is 6. The minimum atomic E-state index is -2.03. The van der Waals surface area contributed by atoms with E-state index in [9.17, 15) is 53.0 Å². The third-order valence-electron chi connectivity index (χ3n) is 9.41. The van der Waals surface area contributed by atoms with Crippen LogP contribution in [-0.2, 0) is 44.8 Å². The number of hydrogen-bond acceptors (Lipinski definition) is 12. The first kappa shape index (κ1) is 47.0. The largest absolute Gasteiger partial charge is 0.445 e. The Balaban J connectivity index is 1.55. The zero-order valence-corrected chi connectivity index (χ0v) is 32.8. The number of primary amides is 1. The van der Waals surface area contributed by atoms with E-state index in [1.165, 1.54) is 17.0 Å². The van der Waals surface area contributed by atoms with Crippen molar-refractivity contribution in [3.8, 4) is 0 Å². The number of alkyl carbamates (subject to hydrolysis) is 1. The molecule has 9 amide bonds. The number of nitrogens with two attached hydrogens (primary N) is 1. The fraction of sp³-hybridized carbons (Fsp3) is 0.622. The fourth-order valence-corrected chi connectivity index (χ4v) is 6.26. The average Bonchev–Trinajstić information content (AvgIpc) is 3.49. The zero-order chi connectivity index (χ0) is 42.9. The molecule has 2 aliphatic rings. The number of aliphatic hydroxyl groups is 2. The van der Waals surface area contributed by atoms with Crippen molar-refractivity contribution >= 4 is 53.3 Å². The molecule has 1 aromatic carbocycles. The van der Waals surface area contributed by atoms with Gasteiger partial charge in [-0.3, -0.25) is 39.0 Å². The van der Waals surface area contributed by atoms with Gasteiger partial charge in [-0.15, -0.1) is 0 Å². The summed E-state index contributed by atoms with van der Waals surface area (Å²) in [6, 6.07) is 1.91. The van der Waals surface area contributed by atoms with Gasteiger partial charge in [0.25, 0.3) is 0 Å². The van der Waals surface area contributed by atoms with Crippen LogP contribution < -0.4 is 37.6 Å². The van der Waals surface area contributed by atoms with Crippen molar-refractivity contribution in [3.05, 3.63) is 29.8 Å². The Hall–Kier alpha value is -5.41. The summed E-state index contributed by atoms with van der Waals surface area (Å²) in [7, 11) is 0. The van der Waals surface area contributed by atoms with Crippen molar-refractivity contribution in [2.24, 2.45) is 11.7 Å². The number of rotatable bonds is 21. The molecule has 2 saturated heterocycles. The summed E-state index contributed by atoms with van der Waals surface area (Å²) in [5.41, 5.74) is 5.94. The molecule has 0 radical (unpaired) electrons.